The number of hydrogen-bond donors (Lipinski definition) is 3. The number of aliphatic hydroxyl groups is 1. The largest absolute Gasteiger partial charge is 0.478 e. The SMILES string of the molecule is CC(C)(C)C(O)CNC(=O)c1ccc(C(=O)O)cc1. The highest BCUT2D eigenvalue weighted by Gasteiger charge is 2.22. The number of amides is 1. The van der Waals surface area contributed by atoms with Gasteiger partial charge in [-0.05, 0) is 29.7 Å². The molecule has 19 heavy (non-hydrogen) atoms. The summed E-state index contributed by atoms with van der Waals surface area (Å²) in [6.07, 6.45) is -0.644. The molecule has 0 saturated carbocycles. The van der Waals surface area contributed by atoms with E-state index < -0.39 is 12.1 Å². The molecular formula is C14H19NO4. The fourth-order valence-corrected chi connectivity index (χ4v) is 1.36. The van der Waals surface area contributed by atoms with E-state index in [1.165, 1.54) is 24.3 Å². The van der Waals surface area contributed by atoms with E-state index in [0.717, 1.165) is 0 Å². The van der Waals surface area contributed by atoms with Crippen molar-refractivity contribution in [3.05, 3.63) is 35.4 Å². The van der Waals surface area contributed by atoms with Crippen LogP contribution >= 0.6 is 0 Å². The molecule has 5 nitrogen and oxygen atoms in total. The van der Waals surface area contributed by atoms with Gasteiger partial charge in [0.25, 0.3) is 5.91 Å². The first-order valence-corrected chi connectivity index (χ1v) is 6.01. The second-order valence-electron chi connectivity index (χ2n) is 5.47. The molecule has 0 radical (unpaired) electrons. The fraction of sp³-hybridized carbons (Fsp3) is 0.429. The Morgan fingerprint density at radius 2 is 1.63 bits per heavy atom. The summed E-state index contributed by atoms with van der Waals surface area (Å²) >= 11 is 0. The number of hydrogen-bond acceptors (Lipinski definition) is 3. The van der Waals surface area contributed by atoms with E-state index in [2.05, 4.69) is 5.32 Å². The van der Waals surface area contributed by atoms with Crippen LogP contribution in [0.4, 0.5) is 0 Å². The van der Waals surface area contributed by atoms with Gasteiger partial charge in [0, 0.05) is 12.1 Å². The van der Waals surface area contributed by atoms with Gasteiger partial charge in [0.05, 0.1) is 11.7 Å². The number of rotatable bonds is 4. The van der Waals surface area contributed by atoms with Crippen molar-refractivity contribution in [1.82, 2.24) is 5.32 Å². The lowest BCUT2D eigenvalue weighted by Crippen LogP contribution is -2.39. The second kappa shape index (κ2) is 5.84. The molecule has 0 saturated heterocycles. The molecule has 1 atom stereocenters. The molecule has 0 fully saturated rings. The minimum Gasteiger partial charge on any atom is -0.478 e. The smallest absolute Gasteiger partial charge is 0.335 e. The lowest BCUT2D eigenvalue weighted by molar-refractivity contribution is 0.0586. The Bertz CT molecular complexity index is 459. The highest BCUT2D eigenvalue weighted by atomic mass is 16.4. The molecule has 5 heteroatoms. The van der Waals surface area contributed by atoms with Crippen LogP contribution in [0.3, 0.4) is 0 Å². The van der Waals surface area contributed by atoms with Gasteiger partial charge in [0.2, 0.25) is 0 Å². The molecule has 0 aromatic heterocycles. The molecule has 1 rings (SSSR count). The van der Waals surface area contributed by atoms with Crippen molar-refractivity contribution in [2.24, 2.45) is 5.41 Å². The summed E-state index contributed by atoms with van der Waals surface area (Å²) in [6, 6.07) is 5.64. The summed E-state index contributed by atoms with van der Waals surface area (Å²) in [5, 5.41) is 21.2. The first-order valence-electron chi connectivity index (χ1n) is 6.01. The van der Waals surface area contributed by atoms with Crippen molar-refractivity contribution in [2.45, 2.75) is 26.9 Å². The average Bonchev–Trinajstić information content (AvgIpc) is 2.34. The number of carbonyl (C=O) groups excluding carboxylic acids is 1. The number of carboxylic acids is 1. The van der Waals surface area contributed by atoms with Gasteiger partial charge in [0.1, 0.15) is 0 Å². The van der Waals surface area contributed by atoms with Gasteiger partial charge in [-0.3, -0.25) is 4.79 Å². The molecule has 3 N–H and O–H groups in total. The third kappa shape index (κ3) is 4.37. The van der Waals surface area contributed by atoms with Crippen LogP contribution in [0.1, 0.15) is 41.5 Å². The van der Waals surface area contributed by atoms with E-state index >= 15 is 0 Å². The van der Waals surface area contributed by atoms with Crippen LogP contribution in [0, 0.1) is 5.41 Å². The van der Waals surface area contributed by atoms with Crippen molar-refractivity contribution in [1.29, 1.82) is 0 Å². The van der Waals surface area contributed by atoms with Gasteiger partial charge in [-0.15, -0.1) is 0 Å². The van der Waals surface area contributed by atoms with Crippen LogP contribution in [-0.2, 0) is 0 Å². The van der Waals surface area contributed by atoms with E-state index in [4.69, 9.17) is 5.11 Å². The Labute approximate surface area is 112 Å². The maximum Gasteiger partial charge on any atom is 0.335 e. The van der Waals surface area contributed by atoms with E-state index in [-0.39, 0.29) is 23.4 Å². The summed E-state index contributed by atoms with van der Waals surface area (Å²) < 4.78 is 0. The lowest BCUT2D eigenvalue weighted by Gasteiger charge is -2.25. The third-order valence-corrected chi connectivity index (χ3v) is 2.85. The molecule has 1 aromatic rings. The summed E-state index contributed by atoms with van der Waals surface area (Å²) in [5.74, 6) is -1.37. The molecule has 0 spiro atoms. The molecule has 1 amide bonds. The number of benzene rings is 1. The van der Waals surface area contributed by atoms with Crippen molar-refractivity contribution >= 4 is 11.9 Å². The normalized spacial score (nSPS) is 12.8. The molecular weight excluding hydrogens is 246 g/mol. The Balaban J connectivity index is 2.61. The Kier molecular flexibility index (Phi) is 4.67. The highest BCUT2D eigenvalue weighted by molar-refractivity contribution is 5.95. The monoisotopic (exact) mass is 265 g/mol. The Hall–Kier alpha value is -1.88. The quantitative estimate of drug-likeness (QED) is 0.770. The minimum atomic E-state index is -1.03. The Morgan fingerprint density at radius 3 is 2.05 bits per heavy atom. The van der Waals surface area contributed by atoms with E-state index in [1.54, 1.807) is 0 Å². The van der Waals surface area contributed by atoms with E-state index in [9.17, 15) is 14.7 Å². The summed E-state index contributed by atoms with van der Waals surface area (Å²) in [7, 11) is 0. The molecule has 1 unspecified atom stereocenters. The highest BCUT2D eigenvalue weighted by Crippen LogP contribution is 2.18. The average molecular weight is 265 g/mol. The van der Waals surface area contributed by atoms with Crippen LogP contribution in [0.5, 0.6) is 0 Å². The first kappa shape index (κ1) is 15.2. The third-order valence-electron chi connectivity index (χ3n) is 2.85. The van der Waals surface area contributed by atoms with Crippen LogP contribution in [-0.4, -0.2) is 34.7 Å². The molecule has 0 aliphatic carbocycles. The minimum absolute atomic E-state index is 0.131. The summed E-state index contributed by atoms with van der Waals surface area (Å²) in [5.41, 5.74) is 0.192. The topological polar surface area (TPSA) is 86.6 Å². The van der Waals surface area contributed by atoms with Crippen LogP contribution in [0.25, 0.3) is 0 Å². The van der Waals surface area contributed by atoms with Crippen molar-refractivity contribution < 1.29 is 19.8 Å². The fourth-order valence-electron chi connectivity index (χ4n) is 1.36. The second-order valence-corrected chi connectivity index (χ2v) is 5.47. The number of carboxylic acid groups (broad SMARTS) is 1. The van der Waals surface area contributed by atoms with E-state index in [1.807, 2.05) is 20.8 Å². The number of carbonyl (C=O) groups is 2. The zero-order chi connectivity index (χ0) is 14.6. The lowest BCUT2D eigenvalue weighted by atomic mass is 9.89. The number of aromatic carboxylic acids is 1. The zero-order valence-electron chi connectivity index (χ0n) is 11.3. The maximum atomic E-state index is 11.8. The van der Waals surface area contributed by atoms with Crippen LogP contribution in [0.2, 0.25) is 0 Å². The molecule has 0 aliphatic rings. The molecule has 0 bridgehead atoms. The number of aliphatic hydroxyl groups excluding tert-OH is 1. The summed E-state index contributed by atoms with van der Waals surface area (Å²) in [6.45, 7) is 5.80. The van der Waals surface area contributed by atoms with Gasteiger partial charge < -0.3 is 15.5 Å². The van der Waals surface area contributed by atoms with E-state index in [0.29, 0.717) is 5.56 Å². The molecule has 0 heterocycles. The van der Waals surface area contributed by atoms with Crippen molar-refractivity contribution in [3.8, 4) is 0 Å². The predicted octanol–water partition coefficient (Wildman–Crippen LogP) is 1.52. The standard InChI is InChI=1S/C14H19NO4/c1-14(2,3)11(16)8-15-12(17)9-4-6-10(7-5-9)13(18)19/h4-7,11,16H,8H2,1-3H3,(H,15,17)(H,18,19). The zero-order valence-corrected chi connectivity index (χ0v) is 11.3. The summed E-state index contributed by atoms with van der Waals surface area (Å²) in [4.78, 5) is 22.5. The van der Waals surface area contributed by atoms with Crippen molar-refractivity contribution in [3.63, 3.8) is 0 Å². The molecule has 0 aliphatic heterocycles. The van der Waals surface area contributed by atoms with Gasteiger partial charge in [-0.25, -0.2) is 4.79 Å². The molecule has 1 aromatic carbocycles. The van der Waals surface area contributed by atoms with Crippen molar-refractivity contribution in [2.75, 3.05) is 6.54 Å². The number of nitrogens with one attached hydrogen (secondary N) is 1. The van der Waals surface area contributed by atoms with Gasteiger partial charge in [-0.1, -0.05) is 20.8 Å². The van der Waals surface area contributed by atoms with Crippen LogP contribution < -0.4 is 5.32 Å². The van der Waals surface area contributed by atoms with Gasteiger partial charge >= 0.3 is 5.97 Å². The maximum absolute atomic E-state index is 11.8. The first-order chi connectivity index (χ1) is 8.71. The molecule has 104 valence electrons. The van der Waals surface area contributed by atoms with Gasteiger partial charge in [-0.2, -0.15) is 0 Å². The Morgan fingerprint density at radius 1 is 1.16 bits per heavy atom. The van der Waals surface area contributed by atoms with Crippen LogP contribution in [0.15, 0.2) is 24.3 Å². The predicted molar refractivity (Wildman–Crippen MR) is 71.2 cm³/mol. The van der Waals surface area contributed by atoms with Gasteiger partial charge in [0.15, 0.2) is 0 Å².